The maximum absolute atomic E-state index is 12.5. The van der Waals surface area contributed by atoms with Crippen molar-refractivity contribution < 1.29 is 23.1 Å². The summed E-state index contributed by atoms with van der Waals surface area (Å²) in [6.07, 6.45) is 1.46. The summed E-state index contributed by atoms with van der Waals surface area (Å²) in [5.41, 5.74) is 0.487. The van der Waals surface area contributed by atoms with Crippen molar-refractivity contribution in [3.05, 3.63) is 89.6 Å². The van der Waals surface area contributed by atoms with Gasteiger partial charge in [-0.2, -0.15) is 0 Å². The molecule has 7 nitrogen and oxygen atoms in total. The SMILES string of the molecule is O=C1C(=O)c2ccccc2C(O)=C1c1ccc(S(=O)(=O)Nc2ccccn2)cc1. The molecule has 0 aliphatic heterocycles. The van der Waals surface area contributed by atoms with Crippen LogP contribution in [0.25, 0.3) is 11.3 Å². The van der Waals surface area contributed by atoms with Crippen molar-refractivity contribution in [2.45, 2.75) is 4.90 Å². The Hall–Kier alpha value is -3.78. The van der Waals surface area contributed by atoms with Gasteiger partial charge >= 0.3 is 0 Å². The largest absolute Gasteiger partial charge is 0.506 e. The predicted octanol–water partition coefficient (Wildman–Crippen LogP) is 3.07. The predicted molar refractivity (Wildman–Crippen MR) is 107 cm³/mol. The third kappa shape index (κ3) is 3.30. The standard InChI is InChI=1S/C21H14N2O5S/c24-19-15-5-1-2-6-16(15)20(25)21(26)18(19)13-8-10-14(11-9-13)29(27,28)23-17-7-3-4-12-22-17/h1-12,24H,(H,22,23). The third-order valence-electron chi connectivity index (χ3n) is 4.45. The number of aliphatic hydroxyl groups is 1. The van der Waals surface area contributed by atoms with Crippen LogP contribution in [-0.4, -0.2) is 30.1 Å². The van der Waals surface area contributed by atoms with Crippen molar-refractivity contribution >= 4 is 38.7 Å². The summed E-state index contributed by atoms with van der Waals surface area (Å²) in [5, 5.41) is 10.6. The first-order valence-electron chi connectivity index (χ1n) is 8.54. The second kappa shape index (κ2) is 6.99. The van der Waals surface area contributed by atoms with Gasteiger partial charge in [-0.1, -0.05) is 42.5 Å². The van der Waals surface area contributed by atoms with Crippen LogP contribution >= 0.6 is 0 Å². The Morgan fingerprint density at radius 1 is 0.793 bits per heavy atom. The lowest BCUT2D eigenvalue weighted by atomic mass is 9.85. The molecule has 0 spiro atoms. The molecular formula is C21H14N2O5S. The van der Waals surface area contributed by atoms with Crippen LogP contribution in [0.2, 0.25) is 0 Å². The highest BCUT2D eigenvalue weighted by molar-refractivity contribution is 7.92. The van der Waals surface area contributed by atoms with E-state index in [1.165, 1.54) is 42.6 Å². The van der Waals surface area contributed by atoms with Crippen molar-refractivity contribution in [3.63, 3.8) is 0 Å². The van der Waals surface area contributed by atoms with Crippen LogP contribution in [0, 0.1) is 0 Å². The number of fused-ring (bicyclic) bond motifs is 1. The lowest BCUT2D eigenvalue weighted by Crippen LogP contribution is -2.23. The molecule has 1 aromatic heterocycles. The maximum atomic E-state index is 12.5. The molecule has 4 rings (SSSR count). The Bertz CT molecular complexity index is 1260. The topological polar surface area (TPSA) is 113 Å². The average molecular weight is 406 g/mol. The highest BCUT2D eigenvalue weighted by Crippen LogP contribution is 2.33. The van der Waals surface area contributed by atoms with Gasteiger partial charge in [0.15, 0.2) is 0 Å². The zero-order chi connectivity index (χ0) is 20.6. The second-order valence-electron chi connectivity index (χ2n) is 6.27. The number of ketones is 2. The molecule has 0 radical (unpaired) electrons. The van der Waals surface area contributed by atoms with Gasteiger partial charge in [-0.05, 0) is 29.8 Å². The molecule has 1 aliphatic carbocycles. The van der Waals surface area contributed by atoms with E-state index in [1.807, 2.05) is 0 Å². The fourth-order valence-electron chi connectivity index (χ4n) is 3.05. The normalized spacial score (nSPS) is 13.9. The van der Waals surface area contributed by atoms with E-state index in [0.29, 0.717) is 0 Å². The van der Waals surface area contributed by atoms with E-state index < -0.39 is 21.6 Å². The van der Waals surface area contributed by atoms with E-state index in [1.54, 1.807) is 30.3 Å². The van der Waals surface area contributed by atoms with Gasteiger partial charge < -0.3 is 5.11 Å². The Balaban J connectivity index is 1.71. The Kier molecular flexibility index (Phi) is 4.48. The number of hydrogen-bond acceptors (Lipinski definition) is 6. The lowest BCUT2D eigenvalue weighted by Gasteiger charge is -2.18. The van der Waals surface area contributed by atoms with Gasteiger partial charge in [-0.25, -0.2) is 13.4 Å². The molecule has 0 saturated carbocycles. The number of allylic oxidation sites excluding steroid dienone is 1. The molecule has 144 valence electrons. The minimum Gasteiger partial charge on any atom is -0.506 e. The number of pyridine rings is 1. The maximum Gasteiger partial charge on any atom is 0.263 e. The first-order chi connectivity index (χ1) is 13.9. The van der Waals surface area contributed by atoms with Gasteiger partial charge in [0.1, 0.15) is 11.6 Å². The zero-order valence-corrected chi connectivity index (χ0v) is 15.7. The third-order valence-corrected chi connectivity index (χ3v) is 5.82. The molecule has 1 heterocycles. The van der Waals surface area contributed by atoms with E-state index in [9.17, 15) is 23.1 Å². The summed E-state index contributed by atoms with van der Waals surface area (Å²) in [7, 11) is -3.89. The second-order valence-corrected chi connectivity index (χ2v) is 7.95. The summed E-state index contributed by atoms with van der Waals surface area (Å²) in [6, 6.07) is 16.4. The Morgan fingerprint density at radius 2 is 1.45 bits per heavy atom. The molecule has 2 N–H and O–H groups in total. The number of benzene rings is 2. The smallest absolute Gasteiger partial charge is 0.263 e. The van der Waals surface area contributed by atoms with E-state index in [4.69, 9.17) is 0 Å². The molecular weight excluding hydrogens is 392 g/mol. The van der Waals surface area contributed by atoms with Gasteiger partial charge in [-0.3, -0.25) is 14.3 Å². The number of carbonyl (C=O) groups excluding carboxylic acids is 2. The van der Waals surface area contributed by atoms with Crippen molar-refractivity contribution in [2.75, 3.05) is 4.72 Å². The molecule has 0 amide bonds. The fourth-order valence-corrected chi connectivity index (χ4v) is 4.06. The van der Waals surface area contributed by atoms with E-state index in [0.717, 1.165) is 0 Å². The van der Waals surface area contributed by atoms with Crippen molar-refractivity contribution in [1.82, 2.24) is 4.98 Å². The number of nitrogens with zero attached hydrogens (tertiary/aromatic N) is 1. The molecule has 0 saturated heterocycles. The zero-order valence-electron chi connectivity index (χ0n) is 14.9. The van der Waals surface area contributed by atoms with E-state index in [2.05, 4.69) is 9.71 Å². The van der Waals surface area contributed by atoms with Gasteiger partial charge in [-0.15, -0.1) is 0 Å². The number of anilines is 1. The monoisotopic (exact) mass is 406 g/mol. The minimum absolute atomic E-state index is 0.0537. The molecule has 1 aliphatic rings. The number of Topliss-reactive ketones (excluding diaryl/α,β-unsaturated/α-hetero) is 2. The Morgan fingerprint density at radius 3 is 2.10 bits per heavy atom. The molecule has 0 bridgehead atoms. The van der Waals surface area contributed by atoms with Gasteiger partial charge in [0.2, 0.25) is 11.6 Å². The van der Waals surface area contributed by atoms with Crippen molar-refractivity contribution in [2.24, 2.45) is 0 Å². The molecule has 29 heavy (non-hydrogen) atoms. The number of nitrogens with one attached hydrogen (secondary N) is 1. The van der Waals surface area contributed by atoms with Gasteiger partial charge in [0.05, 0.1) is 10.5 Å². The summed E-state index contributed by atoms with van der Waals surface area (Å²) >= 11 is 0. The van der Waals surface area contributed by atoms with Crippen molar-refractivity contribution in [3.8, 4) is 0 Å². The van der Waals surface area contributed by atoms with Crippen LogP contribution in [0.1, 0.15) is 21.5 Å². The molecule has 0 fully saturated rings. The quantitative estimate of drug-likeness (QED) is 0.644. The number of rotatable bonds is 4. The van der Waals surface area contributed by atoms with Crippen LogP contribution < -0.4 is 4.72 Å². The fraction of sp³-hybridized carbons (Fsp3) is 0. The van der Waals surface area contributed by atoms with Gasteiger partial charge in [0, 0.05) is 17.3 Å². The van der Waals surface area contributed by atoms with E-state index in [-0.39, 0.29) is 38.7 Å². The van der Waals surface area contributed by atoms with Crippen LogP contribution in [0.5, 0.6) is 0 Å². The summed E-state index contributed by atoms with van der Waals surface area (Å²) in [4.78, 5) is 28.7. The number of hydrogen-bond donors (Lipinski definition) is 2. The molecule has 0 atom stereocenters. The summed E-state index contributed by atoms with van der Waals surface area (Å²) in [5.74, 6) is -1.71. The van der Waals surface area contributed by atoms with Crippen molar-refractivity contribution in [1.29, 1.82) is 0 Å². The van der Waals surface area contributed by atoms with Crippen LogP contribution in [-0.2, 0) is 14.8 Å². The number of aromatic nitrogens is 1. The molecule has 3 aromatic rings. The van der Waals surface area contributed by atoms with Crippen LogP contribution in [0.15, 0.2) is 77.8 Å². The Labute approximate surface area is 166 Å². The van der Waals surface area contributed by atoms with E-state index >= 15 is 0 Å². The average Bonchev–Trinajstić information content (AvgIpc) is 2.73. The number of sulfonamides is 1. The number of carbonyl (C=O) groups is 2. The minimum atomic E-state index is -3.89. The highest BCUT2D eigenvalue weighted by Gasteiger charge is 2.33. The van der Waals surface area contributed by atoms with Crippen LogP contribution in [0.3, 0.4) is 0 Å². The van der Waals surface area contributed by atoms with Gasteiger partial charge in [0.25, 0.3) is 10.0 Å². The number of aliphatic hydroxyl groups excluding tert-OH is 1. The first-order valence-corrected chi connectivity index (χ1v) is 10.0. The molecule has 0 unspecified atom stereocenters. The summed E-state index contributed by atoms with van der Waals surface area (Å²) < 4.78 is 27.3. The summed E-state index contributed by atoms with van der Waals surface area (Å²) in [6.45, 7) is 0. The molecule has 8 heteroatoms. The molecule has 2 aromatic carbocycles. The first kappa shape index (κ1) is 18.6. The highest BCUT2D eigenvalue weighted by atomic mass is 32.2. The lowest BCUT2D eigenvalue weighted by molar-refractivity contribution is -0.110. The van der Waals surface area contributed by atoms with Crippen LogP contribution in [0.4, 0.5) is 5.82 Å².